The van der Waals surface area contributed by atoms with Crippen molar-refractivity contribution in [3.8, 4) is 5.75 Å². The summed E-state index contributed by atoms with van der Waals surface area (Å²) >= 11 is 0. The van der Waals surface area contributed by atoms with Crippen molar-refractivity contribution in [2.75, 3.05) is 18.0 Å². The van der Waals surface area contributed by atoms with Crippen LogP contribution in [-0.2, 0) is 11.3 Å². The molecular formula is C30H30FN3O2. The molecule has 5 nitrogen and oxygen atoms in total. The van der Waals surface area contributed by atoms with Crippen LogP contribution in [0.15, 0.2) is 90.3 Å². The van der Waals surface area contributed by atoms with Gasteiger partial charge >= 0.3 is 0 Å². The molecule has 6 rings (SSSR count). The predicted molar refractivity (Wildman–Crippen MR) is 138 cm³/mol. The fourth-order valence-corrected chi connectivity index (χ4v) is 5.83. The van der Waals surface area contributed by atoms with Gasteiger partial charge in [-0.15, -0.1) is 0 Å². The Morgan fingerprint density at radius 3 is 2.36 bits per heavy atom. The van der Waals surface area contributed by atoms with Crippen molar-refractivity contribution in [3.05, 3.63) is 107 Å². The van der Waals surface area contributed by atoms with Gasteiger partial charge in [0.25, 0.3) is 0 Å². The van der Waals surface area contributed by atoms with E-state index in [0.29, 0.717) is 5.69 Å². The van der Waals surface area contributed by atoms with Crippen LogP contribution in [-0.4, -0.2) is 29.0 Å². The van der Waals surface area contributed by atoms with Crippen LogP contribution in [0.4, 0.5) is 10.1 Å². The molecule has 3 aromatic rings. The van der Waals surface area contributed by atoms with Gasteiger partial charge in [-0.3, -0.25) is 4.79 Å². The summed E-state index contributed by atoms with van der Waals surface area (Å²) in [6.45, 7) is 2.36. The molecule has 184 valence electrons. The van der Waals surface area contributed by atoms with Gasteiger partial charge in [0.1, 0.15) is 17.4 Å². The molecule has 3 aliphatic rings. The molecule has 1 atom stereocenters. The van der Waals surface area contributed by atoms with Gasteiger partial charge in [0.15, 0.2) is 0 Å². The van der Waals surface area contributed by atoms with Crippen LogP contribution in [0.25, 0.3) is 0 Å². The second-order valence-corrected chi connectivity index (χ2v) is 10.1. The number of hydrogen-bond donors (Lipinski definition) is 2. The highest BCUT2D eigenvalue weighted by Gasteiger charge is 2.62. The van der Waals surface area contributed by atoms with Gasteiger partial charge in [0.2, 0.25) is 5.91 Å². The first-order valence-corrected chi connectivity index (χ1v) is 12.7. The average molecular weight is 484 g/mol. The van der Waals surface area contributed by atoms with Gasteiger partial charge < -0.3 is 20.2 Å². The highest BCUT2D eigenvalue weighted by molar-refractivity contribution is 6.06. The van der Waals surface area contributed by atoms with Crippen LogP contribution in [0.1, 0.15) is 42.9 Å². The van der Waals surface area contributed by atoms with Crippen molar-refractivity contribution < 1.29 is 14.3 Å². The molecule has 6 heteroatoms. The van der Waals surface area contributed by atoms with Crippen molar-refractivity contribution in [1.82, 2.24) is 10.2 Å². The summed E-state index contributed by atoms with van der Waals surface area (Å²) in [6, 6.07) is 23.6. The molecule has 1 spiro atoms. The summed E-state index contributed by atoms with van der Waals surface area (Å²) in [7, 11) is 0. The number of likely N-dealkylation sites (tertiary alicyclic amines) is 1. The van der Waals surface area contributed by atoms with Crippen molar-refractivity contribution in [3.63, 3.8) is 0 Å². The van der Waals surface area contributed by atoms with Gasteiger partial charge in [-0.1, -0.05) is 48.5 Å². The van der Waals surface area contributed by atoms with Crippen LogP contribution in [0.5, 0.6) is 5.75 Å². The lowest BCUT2D eigenvalue weighted by Gasteiger charge is -2.59. The molecule has 2 saturated heterocycles. The van der Waals surface area contributed by atoms with Crippen LogP contribution in [0.3, 0.4) is 0 Å². The smallest absolute Gasteiger partial charge is 0.236 e. The second-order valence-electron chi connectivity index (χ2n) is 10.1. The maximum atomic E-state index is 14.1. The summed E-state index contributed by atoms with van der Waals surface area (Å²) in [4.78, 5) is 17.9. The van der Waals surface area contributed by atoms with Crippen molar-refractivity contribution in [1.29, 1.82) is 0 Å². The predicted octanol–water partition coefficient (Wildman–Crippen LogP) is 5.50. The molecule has 3 aromatic carbocycles. The SMILES string of the molecule is O=C1N(c2cccc(F)c2)C(c2ccc(O)cc2)C12CCN(C(NCc1ccccc1)=C1CC1)CC2. The number of halogens is 1. The molecule has 0 aromatic heterocycles. The highest BCUT2D eigenvalue weighted by atomic mass is 19.1. The van der Waals surface area contributed by atoms with Crippen LogP contribution >= 0.6 is 0 Å². The number of aromatic hydroxyl groups is 1. The zero-order chi connectivity index (χ0) is 24.7. The zero-order valence-electron chi connectivity index (χ0n) is 20.2. The number of β-lactam (4-membered cyclic amide) rings is 1. The van der Waals surface area contributed by atoms with Gasteiger partial charge in [-0.2, -0.15) is 0 Å². The third kappa shape index (κ3) is 4.00. The summed E-state index contributed by atoms with van der Waals surface area (Å²) < 4.78 is 14.1. The third-order valence-corrected chi connectivity index (χ3v) is 7.83. The minimum absolute atomic E-state index is 0.0590. The lowest BCUT2D eigenvalue weighted by molar-refractivity contribution is -0.144. The van der Waals surface area contributed by atoms with Crippen molar-refractivity contribution >= 4 is 11.6 Å². The molecule has 2 heterocycles. The Balaban J connectivity index is 1.24. The Labute approximate surface area is 210 Å². The van der Waals surface area contributed by atoms with E-state index >= 15 is 0 Å². The average Bonchev–Trinajstić information content (AvgIpc) is 3.74. The first kappa shape index (κ1) is 22.7. The molecule has 0 radical (unpaired) electrons. The number of rotatable bonds is 6. The number of amides is 1. The number of anilines is 1. The molecule has 1 aliphatic carbocycles. The van der Waals surface area contributed by atoms with Gasteiger partial charge in [-0.05, 0) is 72.7 Å². The van der Waals surface area contributed by atoms with Gasteiger partial charge in [-0.25, -0.2) is 4.39 Å². The Bertz CT molecular complexity index is 1290. The van der Waals surface area contributed by atoms with E-state index in [4.69, 9.17) is 0 Å². The fraction of sp³-hybridized carbons (Fsp3) is 0.300. The Kier molecular flexibility index (Phi) is 5.67. The lowest BCUT2D eigenvalue weighted by atomic mass is 9.62. The number of phenolic OH excluding ortho intramolecular Hbond substituents is 1. The van der Waals surface area contributed by atoms with E-state index in [0.717, 1.165) is 50.9 Å². The van der Waals surface area contributed by atoms with Crippen molar-refractivity contribution in [2.45, 2.75) is 38.3 Å². The first-order chi connectivity index (χ1) is 17.5. The molecule has 2 aliphatic heterocycles. The topological polar surface area (TPSA) is 55.8 Å². The van der Waals surface area contributed by atoms with E-state index in [-0.39, 0.29) is 23.5 Å². The summed E-state index contributed by atoms with van der Waals surface area (Å²) in [5.74, 6) is 1.12. The number of carbonyl (C=O) groups is 1. The van der Waals surface area contributed by atoms with Crippen LogP contribution < -0.4 is 10.2 Å². The summed E-state index contributed by atoms with van der Waals surface area (Å²) in [5, 5.41) is 13.5. The number of nitrogens with zero attached hydrogens (tertiary/aromatic N) is 2. The Hall–Kier alpha value is -3.80. The van der Waals surface area contributed by atoms with E-state index < -0.39 is 5.41 Å². The normalized spacial score (nSPS) is 20.3. The quantitative estimate of drug-likeness (QED) is 0.455. The van der Waals surface area contributed by atoms with E-state index in [1.807, 2.05) is 18.2 Å². The number of piperidine rings is 1. The number of benzene rings is 3. The standard InChI is InChI=1S/C30H30FN3O2/c31-24-7-4-8-25(19-24)34-27(22-11-13-26(35)14-12-22)30(29(34)36)15-17-33(18-16-30)28(23-9-10-23)32-20-21-5-2-1-3-6-21/h1-8,11-14,19,27,32,35H,9-10,15-18,20H2. The summed E-state index contributed by atoms with van der Waals surface area (Å²) in [6.07, 6.45) is 3.71. The number of carbonyl (C=O) groups excluding carboxylic acids is 1. The third-order valence-electron chi connectivity index (χ3n) is 7.83. The number of phenols is 1. The van der Waals surface area contributed by atoms with E-state index in [1.54, 1.807) is 29.2 Å². The minimum Gasteiger partial charge on any atom is -0.508 e. The maximum Gasteiger partial charge on any atom is 0.236 e. The lowest BCUT2D eigenvalue weighted by Crippen LogP contribution is -2.66. The Morgan fingerprint density at radius 1 is 0.972 bits per heavy atom. The fourth-order valence-electron chi connectivity index (χ4n) is 5.83. The van der Waals surface area contributed by atoms with Crippen LogP contribution in [0.2, 0.25) is 0 Å². The number of nitrogens with one attached hydrogen (secondary N) is 1. The zero-order valence-corrected chi connectivity index (χ0v) is 20.2. The largest absolute Gasteiger partial charge is 0.508 e. The van der Waals surface area contributed by atoms with Crippen molar-refractivity contribution in [2.24, 2.45) is 5.41 Å². The molecule has 3 fully saturated rings. The monoisotopic (exact) mass is 483 g/mol. The molecule has 0 bridgehead atoms. The van der Waals surface area contributed by atoms with Crippen LogP contribution in [0, 0.1) is 11.2 Å². The van der Waals surface area contributed by atoms with E-state index in [1.165, 1.54) is 29.1 Å². The molecule has 1 amide bonds. The van der Waals surface area contributed by atoms with E-state index in [9.17, 15) is 14.3 Å². The Morgan fingerprint density at radius 2 is 1.69 bits per heavy atom. The second kappa shape index (κ2) is 9.01. The molecular weight excluding hydrogens is 453 g/mol. The molecule has 2 N–H and O–H groups in total. The molecule has 1 saturated carbocycles. The summed E-state index contributed by atoms with van der Waals surface area (Å²) in [5.41, 5.74) is 3.72. The highest BCUT2D eigenvalue weighted by Crippen LogP contribution is 2.58. The molecule has 1 unspecified atom stereocenters. The minimum atomic E-state index is -0.529. The van der Waals surface area contributed by atoms with Gasteiger partial charge in [0, 0.05) is 25.3 Å². The van der Waals surface area contributed by atoms with Gasteiger partial charge in [0.05, 0.1) is 11.5 Å². The number of hydrogen-bond acceptors (Lipinski definition) is 4. The van der Waals surface area contributed by atoms with E-state index in [2.05, 4.69) is 34.5 Å². The first-order valence-electron chi connectivity index (χ1n) is 12.7. The maximum absolute atomic E-state index is 14.1. The number of allylic oxidation sites excluding steroid dienone is 1. The molecule has 36 heavy (non-hydrogen) atoms.